The van der Waals surface area contributed by atoms with Crippen molar-refractivity contribution in [1.29, 1.82) is 0 Å². The summed E-state index contributed by atoms with van der Waals surface area (Å²) in [7, 11) is 0. The van der Waals surface area contributed by atoms with E-state index in [4.69, 9.17) is 64.6 Å². The molecule has 0 bridgehead atoms. The van der Waals surface area contributed by atoms with E-state index in [1.54, 1.807) is 0 Å². The Morgan fingerprint density at radius 1 is 0.156 bits per heavy atom. The summed E-state index contributed by atoms with van der Waals surface area (Å²) in [6.07, 6.45) is 0. The molecule has 0 N–H and O–H groups in total. The summed E-state index contributed by atoms with van der Waals surface area (Å²) in [5.74, 6) is 5.69. The van der Waals surface area contributed by atoms with E-state index in [-0.39, 0.29) is 16.2 Å². The SMILES string of the molecule is [C-]#[N+]c1ccc2c(c1)-c1c(-c3ccc(-c4nc(-c5cccc(-c6ccccc6)c5)nc(-c5cccc(-c6ccccc6)c5)n4)cc3)cccc1C2(C)C.[C-]#[N+]c1cccc2c1-c1ccc(-c3ccc(-c4nc(-c5ccccc5)nc(-c5ccc(-c6ccccc6)cc5)n4)cc3)cc1C2(C)C.[C-]#[N+]c1cccc2c1-c1ccc(-c3ccc(-c4nc(-c5ccccc5)nc(-c5ccccc5)n4)cc3)cc1C2(C)C. The second-order valence-electron chi connectivity index (χ2n) is 37.2. The lowest BCUT2D eigenvalue weighted by Gasteiger charge is -2.22. The van der Waals surface area contributed by atoms with E-state index in [9.17, 15) is 0 Å². The van der Waals surface area contributed by atoms with E-state index in [1.165, 1.54) is 44.5 Å². The van der Waals surface area contributed by atoms with Crippen molar-refractivity contribution in [1.82, 2.24) is 44.9 Å². The Kier molecular flexibility index (Phi) is 23.0. The summed E-state index contributed by atoms with van der Waals surface area (Å²) in [6.45, 7) is 36.6. The summed E-state index contributed by atoms with van der Waals surface area (Å²) >= 11 is 0. The first kappa shape index (κ1) is 87.8. The maximum absolute atomic E-state index is 7.73. The van der Waals surface area contributed by atoms with Crippen LogP contribution in [0.15, 0.2) is 437 Å². The number of benzene rings is 18. The van der Waals surface area contributed by atoms with E-state index in [2.05, 4.69) is 347 Å². The Labute approximate surface area is 821 Å². The van der Waals surface area contributed by atoms with Gasteiger partial charge in [-0.2, -0.15) is 0 Å². The minimum atomic E-state index is -0.185. The zero-order valence-electron chi connectivity index (χ0n) is 78.4. The molecule has 141 heavy (non-hydrogen) atoms. The molecule has 0 saturated carbocycles. The van der Waals surface area contributed by atoms with Crippen LogP contribution in [0.4, 0.5) is 17.1 Å². The van der Waals surface area contributed by atoms with Gasteiger partial charge in [-0.15, -0.1) is 0 Å². The van der Waals surface area contributed by atoms with Crippen LogP contribution in [-0.2, 0) is 16.2 Å². The second kappa shape index (κ2) is 36.9. The van der Waals surface area contributed by atoms with Crippen molar-refractivity contribution in [3.8, 4) is 203 Å². The molecule has 24 rings (SSSR count). The molecule has 0 aliphatic heterocycles. The number of hydrogen-bond acceptors (Lipinski definition) is 9. The lowest BCUT2D eigenvalue weighted by Crippen LogP contribution is -2.14. The van der Waals surface area contributed by atoms with Crippen molar-refractivity contribution >= 4 is 17.1 Å². The molecule has 0 spiro atoms. The average molecular weight is 1810 g/mol. The van der Waals surface area contributed by atoms with E-state index in [0.717, 1.165) is 139 Å². The standard InChI is InChI=1S/C49H34N4.C43H30N4.C37H26N4/c1-49(2)43-28-27-40(50-3)31-42(43)45-41(21-12-22-44(45)49)34-23-25-35(26-24-34)46-51-47(38-19-10-17-36(29-38)32-13-6-4-7-14-32)53-48(52-46)39-20-11-18-37(30-39)33-15-8-5-9-16-33;1-43(2)36-15-10-16-38(44-3)39(36)35-26-25-34(27-37(35)43)30-19-23-33(24-20-30)42-46-40(31-13-8-5-9-14-31)45-41(47-42)32-21-17-29(18-22-32)28-11-6-4-7-12-28;1-37(2)30-15-10-16-32(38-3)33(30)29-22-21-28(23-31(29)37)24-17-19-27(20-18-24)36-40-34(25-11-6-4-7-12-25)39-35(41-36)26-13-8-5-9-14-26/h4-31H,1-2H3;4-27H,1-2H3;4-23H,1-2H3. The van der Waals surface area contributed by atoms with Gasteiger partial charge in [0.2, 0.25) is 0 Å². The summed E-state index contributed by atoms with van der Waals surface area (Å²) in [4.78, 5) is 56.0. The Bertz CT molecular complexity index is 8360. The van der Waals surface area contributed by atoms with Crippen LogP contribution in [0, 0.1) is 19.7 Å². The van der Waals surface area contributed by atoms with E-state index in [0.29, 0.717) is 69.5 Å². The summed E-state index contributed by atoms with van der Waals surface area (Å²) < 4.78 is 0. The third-order valence-electron chi connectivity index (χ3n) is 27.5. The Balaban J connectivity index is 0.000000122. The highest BCUT2D eigenvalue weighted by Gasteiger charge is 2.40. The summed E-state index contributed by atoms with van der Waals surface area (Å²) in [6, 6.07) is 150. The molecule has 0 radical (unpaired) electrons. The van der Waals surface area contributed by atoms with Crippen molar-refractivity contribution < 1.29 is 0 Å². The molecular formula is C129H90N12. The van der Waals surface area contributed by atoms with Gasteiger partial charge in [-0.1, -0.05) is 448 Å². The van der Waals surface area contributed by atoms with Gasteiger partial charge >= 0.3 is 0 Å². The molecule has 0 amide bonds. The largest absolute Gasteiger partial charge is 0.238 e. The van der Waals surface area contributed by atoms with Crippen LogP contribution in [0.3, 0.4) is 0 Å². The molecule has 12 nitrogen and oxygen atoms in total. The molecule has 21 aromatic rings. The lowest BCUT2D eigenvalue weighted by molar-refractivity contribution is 0.660. The fourth-order valence-electron chi connectivity index (χ4n) is 20.0. The first-order valence-corrected chi connectivity index (χ1v) is 47.2. The Morgan fingerprint density at radius 3 is 0.738 bits per heavy atom. The van der Waals surface area contributed by atoms with Crippen LogP contribution in [0.25, 0.3) is 217 Å². The number of rotatable bonds is 15. The third-order valence-corrected chi connectivity index (χ3v) is 27.5. The molecule has 0 saturated heterocycles. The molecule has 18 aromatic carbocycles. The van der Waals surface area contributed by atoms with Gasteiger partial charge in [-0.25, -0.2) is 59.4 Å². The molecule has 3 aliphatic carbocycles. The predicted molar refractivity (Wildman–Crippen MR) is 572 cm³/mol. The molecule has 0 fully saturated rings. The van der Waals surface area contributed by atoms with Crippen molar-refractivity contribution in [2.45, 2.75) is 57.8 Å². The van der Waals surface area contributed by atoms with Gasteiger partial charge in [0, 0.05) is 66.3 Å². The quantitative estimate of drug-likeness (QED) is 0.0921. The summed E-state index contributed by atoms with van der Waals surface area (Å²) in [5.41, 5.74) is 37.8. The molecule has 3 aliphatic rings. The van der Waals surface area contributed by atoms with Gasteiger partial charge < -0.3 is 0 Å². The highest BCUT2D eigenvalue weighted by molar-refractivity contribution is 5.96. The van der Waals surface area contributed by atoms with Crippen LogP contribution >= 0.6 is 0 Å². The van der Waals surface area contributed by atoms with Crippen molar-refractivity contribution in [3.63, 3.8) is 0 Å². The fourth-order valence-corrected chi connectivity index (χ4v) is 20.0. The minimum Gasteiger partial charge on any atom is -0.238 e. The smallest absolute Gasteiger partial charge is 0.195 e. The lowest BCUT2D eigenvalue weighted by atomic mass is 9.81. The molecule has 3 heterocycles. The Morgan fingerprint density at radius 2 is 0.397 bits per heavy atom. The van der Waals surface area contributed by atoms with E-state index in [1.807, 2.05) is 146 Å². The molecule has 666 valence electrons. The highest BCUT2D eigenvalue weighted by Crippen LogP contribution is 2.57. The van der Waals surface area contributed by atoms with E-state index < -0.39 is 0 Å². The van der Waals surface area contributed by atoms with Crippen LogP contribution in [0.5, 0.6) is 0 Å². The molecular weight excluding hydrogens is 1720 g/mol. The van der Waals surface area contributed by atoms with Gasteiger partial charge in [0.1, 0.15) is 0 Å². The summed E-state index contributed by atoms with van der Waals surface area (Å²) in [5, 5.41) is 0. The zero-order valence-corrected chi connectivity index (χ0v) is 78.4. The molecule has 0 unspecified atom stereocenters. The predicted octanol–water partition coefficient (Wildman–Crippen LogP) is 33.2. The molecule has 3 aromatic heterocycles. The maximum atomic E-state index is 7.73. The van der Waals surface area contributed by atoms with Crippen molar-refractivity contribution in [2.24, 2.45) is 0 Å². The van der Waals surface area contributed by atoms with E-state index >= 15 is 0 Å². The number of nitrogens with zero attached hydrogens (tertiary/aromatic N) is 12. The third kappa shape index (κ3) is 16.9. The van der Waals surface area contributed by atoms with Crippen LogP contribution in [0.1, 0.15) is 74.9 Å². The minimum absolute atomic E-state index is 0.158. The van der Waals surface area contributed by atoms with Crippen molar-refractivity contribution in [2.75, 3.05) is 0 Å². The average Bonchev–Trinajstić information content (AvgIpc) is 1.63. The Hall–Kier alpha value is -18.5. The first-order valence-electron chi connectivity index (χ1n) is 47.2. The first-order chi connectivity index (χ1) is 69.0. The highest BCUT2D eigenvalue weighted by atomic mass is 15.1. The van der Waals surface area contributed by atoms with Gasteiger partial charge in [-0.3, -0.25) is 0 Å². The van der Waals surface area contributed by atoms with Gasteiger partial charge in [0.25, 0.3) is 0 Å². The van der Waals surface area contributed by atoms with Crippen molar-refractivity contribution in [3.05, 3.63) is 504 Å². The molecule has 12 heteroatoms. The van der Waals surface area contributed by atoms with Crippen LogP contribution in [0.2, 0.25) is 0 Å². The zero-order chi connectivity index (χ0) is 95.9. The number of fused-ring (bicyclic) bond motifs is 9. The topological polar surface area (TPSA) is 129 Å². The molecule has 0 atom stereocenters. The van der Waals surface area contributed by atoms with Crippen LogP contribution in [-0.4, -0.2) is 44.9 Å². The maximum Gasteiger partial charge on any atom is 0.195 e. The number of aromatic nitrogens is 9. The van der Waals surface area contributed by atoms with Gasteiger partial charge in [-0.05, 0) is 164 Å². The van der Waals surface area contributed by atoms with Crippen LogP contribution < -0.4 is 0 Å². The van der Waals surface area contributed by atoms with Gasteiger partial charge in [0.05, 0.1) is 19.7 Å². The second-order valence-corrected chi connectivity index (χ2v) is 37.2. The van der Waals surface area contributed by atoms with Gasteiger partial charge in [0.15, 0.2) is 69.5 Å². The monoisotopic (exact) mass is 1810 g/mol. The number of hydrogen-bond donors (Lipinski definition) is 0. The normalized spacial score (nSPS) is 12.6. The fraction of sp³-hybridized carbons (Fsp3) is 0.0698.